The molecule has 12 heavy (non-hydrogen) atoms. The van der Waals surface area contributed by atoms with Crippen molar-refractivity contribution in [2.45, 2.75) is 44.4 Å². The third kappa shape index (κ3) is 3.02. The van der Waals surface area contributed by atoms with Gasteiger partial charge >= 0.3 is 0 Å². The maximum Gasteiger partial charge on any atom is 0.0518 e. The molecule has 1 rings (SSSR count). The predicted octanol–water partition coefficient (Wildman–Crippen LogP) is 4.06. The van der Waals surface area contributed by atoms with Crippen molar-refractivity contribution in [2.24, 2.45) is 0 Å². The molecule has 0 aromatic rings. The third-order valence-corrected chi connectivity index (χ3v) is 2.72. The summed E-state index contributed by atoms with van der Waals surface area (Å²) < 4.78 is 0. The van der Waals surface area contributed by atoms with Crippen molar-refractivity contribution >= 4 is 11.6 Å². The molecule has 0 saturated heterocycles. The molecule has 0 fully saturated rings. The molecule has 0 aliphatic heterocycles. The highest BCUT2D eigenvalue weighted by Crippen LogP contribution is 2.26. The van der Waals surface area contributed by atoms with Crippen molar-refractivity contribution in [3.8, 4) is 0 Å². The first-order chi connectivity index (χ1) is 5.72. The van der Waals surface area contributed by atoms with Crippen molar-refractivity contribution in [3.63, 3.8) is 0 Å². The molecule has 68 valence electrons. The van der Waals surface area contributed by atoms with E-state index in [1.165, 1.54) is 24.0 Å². The summed E-state index contributed by atoms with van der Waals surface area (Å²) in [5.74, 6) is 0. The lowest BCUT2D eigenvalue weighted by Crippen LogP contribution is -2.03. The molecule has 0 amide bonds. The highest BCUT2D eigenvalue weighted by atomic mass is 35.5. The van der Waals surface area contributed by atoms with E-state index in [1.807, 2.05) is 0 Å². The molecular formula is C11H17Cl. The standard InChI is InChI=1S/C11H17Cl/c1-3-9(2)7-10-5-4-6-11(12)8-10/h8,11H,2-7H2,1H3. The third-order valence-electron chi connectivity index (χ3n) is 2.37. The average Bonchev–Trinajstić information content (AvgIpc) is 2.04. The van der Waals surface area contributed by atoms with E-state index >= 15 is 0 Å². The summed E-state index contributed by atoms with van der Waals surface area (Å²) in [6.45, 7) is 6.17. The molecule has 0 bridgehead atoms. The van der Waals surface area contributed by atoms with E-state index in [4.69, 9.17) is 11.6 Å². The molecule has 0 radical (unpaired) electrons. The summed E-state index contributed by atoms with van der Waals surface area (Å²) in [5, 5.41) is 0.276. The lowest BCUT2D eigenvalue weighted by molar-refractivity contribution is 0.690. The largest absolute Gasteiger partial charge is 0.118 e. The van der Waals surface area contributed by atoms with Crippen LogP contribution in [0.25, 0.3) is 0 Å². The van der Waals surface area contributed by atoms with E-state index in [-0.39, 0.29) is 5.38 Å². The van der Waals surface area contributed by atoms with Crippen molar-refractivity contribution in [1.29, 1.82) is 0 Å². The Morgan fingerprint density at radius 1 is 1.75 bits per heavy atom. The molecule has 0 aromatic carbocycles. The first kappa shape index (κ1) is 9.85. The minimum atomic E-state index is 0.276. The van der Waals surface area contributed by atoms with Gasteiger partial charge in [-0.1, -0.05) is 30.7 Å². The van der Waals surface area contributed by atoms with Crippen molar-refractivity contribution in [2.75, 3.05) is 0 Å². The lowest BCUT2D eigenvalue weighted by atomic mass is 9.94. The predicted molar refractivity (Wildman–Crippen MR) is 55.6 cm³/mol. The van der Waals surface area contributed by atoms with Gasteiger partial charge in [-0.15, -0.1) is 11.6 Å². The Morgan fingerprint density at radius 3 is 3.08 bits per heavy atom. The minimum Gasteiger partial charge on any atom is -0.118 e. The van der Waals surface area contributed by atoms with Gasteiger partial charge in [0.15, 0.2) is 0 Å². The van der Waals surface area contributed by atoms with Crippen molar-refractivity contribution in [1.82, 2.24) is 0 Å². The second-order valence-corrected chi connectivity index (χ2v) is 4.07. The molecule has 0 nitrogen and oxygen atoms in total. The van der Waals surface area contributed by atoms with Gasteiger partial charge < -0.3 is 0 Å². The Kier molecular flexibility index (Phi) is 3.87. The summed E-state index contributed by atoms with van der Waals surface area (Å²) in [5.41, 5.74) is 2.82. The molecular weight excluding hydrogens is 168 g/mol. The van der Waals surface area contributed by atoms with Gasteiger partial charge in [-0.3, -0.25) is 0 Å². The maximum absolute atomic E-state index is 6.03. The highest BCUT2D eigenvalue weighted by molar-refractivity contribution is 6.21. The molecule has 0 aromatic heterocycles. The van der Waals surface area contributed by atoms with Crippen LogP contribution in [0, 0.1) is 0 Å². The van der Waals surface area contributed by atoms with Crippen LogP contribution in [0.3, 0.4) is 0 Å². The van der Waals surface area contributed by atoms with Gasteiger partial charge in [0.1, 0.15) is 0 Å². The van der Waals surface area contributed by atoms with Crippen molar-refractivity contribution in [3.05, 3.63) is 23.8 Å². The summed E-state index contributed by atoms with van der Waals surface area (Å²) in [7, 11) is 0. The van der Waals surface area contributed by atoms with Crippen LogP contribution in [0.2, 0.25) is 0 Å². The van der Waals surface area contributed by atoms with Crippen LogP contribution < -0.4 is 0 Å². The Hall–Kier alpha value is -0.230. The number of halogens is 1. The lowest BCUT2D eigenvalue weighted by Gasteiger charge is -2.16. The summed E-state index contributed by atoms with van der Waals surface area (Å²) in [6, 6.07) is 0. The van der Waals surface area contributed by atoms with Gasteiger partial charge in [-0.05, 0) is 32.1 Å². The van der Waals surface area contributed by atoms with Gasteiger partial charge in [0, 0.05) is 0 Å². The SMILES string of the molecule is C=C(CC)CC1=CC(Cl)CCC1. The van der Waals surface area contributed by atoms with E-state index in [0.29, 0.717) is 0 Å². The summed E-state index contributed by atoms with van der Waals surface area (Å²) in [6.07, 6.45) is 7.98. The smallest absolute Gasteiger partial charge is 0.0518 e. The molecule has 1 atom stereocenters. The van der Waals surface area contributed by atoms with Crippen LogP contribution in [0.4, 0.5) is 0 Å². The quantitative estimate of drug-likeness (QED) is 0.459. The zero-order chi connectivity index (χ0) is 8.97. The van der Waals surface area contributed by atoms with Crippen LogP contribution in [0.15, 0.2) is 23.8 Å². The first-order valence-electron chi connectivity index (χ1n) is 4.72. The molecule has 1 aliphatic carbocycles. The summed E-state index contributed by atoms with van der Waals surface area (Å²) in [4.78, 5) is 0. The van der Waals surface area contributed by atoms with E-state index in [9.17, 15) is 0 Å². The van der Waals surface area contributed by atoms with Crippen LogP contribution >= 0.6 is 11.6 Å². The fourth-order valence-electron chi connectivity index (χ4n) is 1.54. The highest BCUT2D eigenvalue weighted by Gasteiger charge is 2.10. The monoisotopic (exact) mass is 184 g/mol. The van der Waals surface area contributed by atoms with Crippen LogP contribution in [-0.2, 0) is 0 Å². The Morgan fingerprint density at radius 2 is 2.50 bits per heavy atom. The second-order valence-electron chi connectivity index (χ2n) is 3.51. The minimum absolute atomic E-state index is 0.276. The summed E-state index contributed by atoms with van der Waals surface area (Å²) >= 11 is 6.03. The molecule has 1 aliphatic rings. The maximum atomic E-state index is 6.03. The normalized spacial score (nSPS) is 23.5. The zero-order valence-corrected chi connectivity index (χ0v) is 8.53. The number of hydrogen-bond acceptors (Lipinski definition) is 0. The topological polar surface area (TPSA) is 0 Å². The molecule has 0 spiro atoms. The molecule has 0 N–H and O–H groups in total. The van der Waals surface area contributed by atoms with E-state index in [2.05, 4.69) is 19.6 Å². The molecule has 1 heteroatoms. The van der Waals surface area contributed by atoms with Gasteiger partial charge in [0.25, 0.3) is 0 Å². The van der Waals surface area contributed by atoms with Crippen LogP contribution in [0.1, 0.15) is 39.0 Å². The first-order valence-corrected chi connectivity index (χ1v) is 5.16. The van der Waals surface area contributed by atoms with Crippen molar-refractivity contribution < 1.29 is 0 Å². The number of rotatable bonds is 3. The van der Waals surface area contributed by atoms with E-state index < -0.39 is 0 Å². The van der Waals surface area contributed by atoms with Crippen LogP contribution in [0.5, 0.6) is 0 Å². The zero-order valence-electron chi connectivity index (χ0n) is 7.78. The van der Waals surface area contributed by atoms with Gasteiger partial charge in [0.2, 0.25) is 0 Å². The second kappa shape index (κ2) is 4.71. The van der Waals surface area contributed by atoms with Gasteiger partial charge in [0.05, 0.1) is 5.38 Å². The Balaban J connectivity index is 2.45. The average molecular weight is 185 g/mol. The molecule has 0 saturated carbocycles. The Labute approximate surface area is 80.3 Å². The molecule has 1 unspecified atom stereocenters. The van der Waals surface area contributed by atoms with Gasteiger partial charge in [-0.2, -0.15) is 0 Å². The van der Waals surface area contributed by atoms with Crippen LogP contribution in [-0.4, -0.2) is 5.38 Å². The van der Waals surface area contributed by atoms with E-state index in [0.717, 1.165) is 19.3 Å². The number of alkyl halides is 1. The fourth-order valence-corrected chi connectivity index (χ4v) is 1.87. The van der Waals surface area contributed by atoms with E-state index in [1.54, 1.807) is 0 Å². The number of hydrogen-bond donors (Lipinski definition) is 0. The molecule has 0 heterocycles. The fraction of sp³-hybridized carbons (Fsp3) is 0.636. The van der Waals surface area contributed by atoms with Gasteiger partial charge in [-0.25, -0.2) is 0 Å². The Bertz CT molecular complexity index is 191. The number of allylic oxidation sites excluding steroid dienone is 3.